The largest absolute Gasteiger partial charge is 0.459 e. The predicted octanol–water partition coefficient (Wildman–Crippen LogP) is 3.41. The Morgan fingerprint density at radius 2 is 2.26 bits per heavy atom. The van der Waals surface area contributed by atoms with Crippen LogP contribution in [0, 0.1) is 0 Å². The lowest BCUT2D eigenvalue weighted by atomic mass is 10.4. The Morgan fingerprint density at radius 3 is 2.95 bits per heavy atom. The first kappa shape index (κ1) is 12.1. The Morgan fingerprint density at radius 1 is 1.37 bits per heavy atom. The molecule has 0 saturated heterocycles. The molecule has 96 valence electrons. The zero-order valence-electron chi connectivity index (χ0n) is 9.29. The van der Waals surface area contributed by atoms with Crippen LogP contribution in [0.4, 0.5) is 5.13 Å². The van der Waals surface area contributed by atoms with Crippen LogP contribution in [0.3, 0.4) is 0 Å². The number of amides is 1. The van der Waals surface area contributed by atoms with Crippen LogP contribution < -0.4 is 5.32 Å². The first-order chi connectivity index (χ1) is 9.22. The highest BCUT2D eigenvalue weighted by Gasteiger charge is 2.14. The first-order valence-corrected chi connectivity index (χ1v) is 6.73. The standard InChI is InChI=1S/C11H6BrN3O3S/c12-8-4-3-6(18-8)9-13-11(19-15-9)14-10(16)7-2-1-5-17-7/h1-5H,(H,13,14,15,16). The number of nitrogens with one attached hydrogen (secondary N) is 1. The molecule has 0 aliphatic carbocycles. The summed E-state index contributed by atoms with van der Waals surface area (Å²) in [5.74, 6) is 0.804. The molecule has 0 unspecified atom stereocenters. The van der Waals surface area contributed by atoms with E-state index in [1.165, 1.54) is 6.26 Å². The molecule has 0 bridgehead atoms. The Balaban J connectivity index is 1.77. The Kier molecular flexibility index (Phi) is 3.18. The number of anilines is 1. The van der Waals surface area contributed by atoms with Crippen LogP contribution in [0.25, 0.3) is 11.6 Å². The van der Waals surface area contributed by atoms with Crippen LogP contribution in [0.2, 0.25) is 0 Å². The molecule has 8 heteroatoms. The molecule has 19 heavy (non-hydrogen) atoms. The van der Waals surface area contributed by atoms with Crippen LogP contribution in [-0.2, 0) is 0 Å². The summed E-state index contributed by atoms with van der Waals surface area (Å²) in [6, 6.07) is 6.70. The molecule has 0 aliphatic rings. The lowest BCUT2D eigenvalue weighted by Gasteiger charge is -1.95. The first-order valence-electron chi connectivity index (χ1n) is 5.16. The van der Waals surface area contributed by atoms with Gasteiger partial charge in [-0.05, 0) is 40.2 Å². The molecule has 0 saturated carbocycles. The van der Waals surface area contributed by atoms with Crippen LogP contribution in [-0.4, -0.2) is 15.3 Å². The number of hydrogen-bond acceptors (Lipinski definition) is 6. The summed E-state index contributed by atoms with van der Waals surface area (Å²) in [5.41, 5.74) is 0. The molecule has 0 spiro atoms. The second kappa shape index (κ2) is 4.98. The van der Waals surface area contributed by atoms with Gasteiger partial charge in [0.1, 0.15) is 0 Å². The fourth-order valence-corrected chi connectivity index (χ4v) is 2.25. The number of halogens is 1. The third-order valence-electron chi connectivity index (χ3n) is 2.19. The van der Waals surface area contributed by atoms with E-state index in [-0.39, 0.29) is 11.7 Å². The van der Waals surface area contributed by atoms with Gasteiger partial charge in [-0.3, -0.25) is 10.1 Å². The van der Waals surface area contributed by atoms with Crippen LogP contribution in [0.5, 0.6) is 0 Å². The molecule has 1 N–H and O–H groups in total. The van der Waals surface area contributed by atoms with Crippen molar-refractivity contribution in [3.8, 4) is 11.6 Å². The van der Waals surface area contributed by atoms with E-state index in [1.54, 1.807) is 24.3 Å². The van der Waals surface area contributed by atoms with Gasteiger partial charge < -0.3 is 8.83 Å². The summed E-state index contributed by atoms with van der Waals surface area (Å²) in [6.45, 7) is 0. The van der Waals surface area contributed by atoms with Gasteiger partial charge in [-0.1, -0.05) is 0 Å². The zero-order valence-corrected chi connectivity index (χ0v) is 11.7. The van der Waals surface area contributed by atoms with Crippen LogP contribution in [0.15, 0.2) is 44.0 Å². The number of furan rings is 2. The van der Waals surface area contributed by atoms with E-state index >= 15 is 0 Å². The fourth-order valence-electron chi connectivity index (χ4n) is 1.38. The van der Waals surface area contributed by atoms with Gasteiger partial charge in [-0.15, -0.1) is 0 Å². The van der Waals surface area contributed by atoms with Gasteiger partial charge in [0.05, 0.1) is 6.26 Å². The maximum atomic E-state index is 11.7. The Labute approximate surface area is 119 Å². The minimum absolute atomic E-state index is 0.220. The number of aromatic nitrogens is 2. The van der Waals surface area contributed by atoms with Gasteiger partial charge >= 0.3 is 0 Å². The van der Waals surface area contributed by atoms with Crippen LogP contribution in [0.1, 0.15) is 10.6 Å². The maximum absolute atomic E-state index is 11.7. The molecule has 3 heterocycles. The number of carbonyl (C=O) groups is 1. The number of nitrogens with zero attached hydrogens (tertiary/aromatic N) is 2. The van der Waals surface area contributed by atoms with Gasteiger partial charge in [0.2, 0.25) is 11.0 Å². The van der Waals surface area contributed by atoms with Crippen molar-refractivity contribution < 1.29 is 13.6 Å². The molecular weight excluding hydrogens is 334 g/mol. The van der Waals surface area contributed by atoms with Crippen molar-refractivity contribution in [3.63, 3.8) is 0 Å². The summed E-state index contributed by atoms with van der Waals surface area (Å²) >= 11 is 4.27. The molecule has 3 rings (SSSR count). The van der Waals surface area contributed by atoms with Crippen molar-refractivity contribution in [2.24, 2.45) is 0 Å². The van der Waals surface area contributed by atoms with Gasteiger partial charge in [-0.2, -0.15) is 9.36 Å². The van der Waals surface area contributed by atoms with Gasteiger partial charge in [0.15, 0.2) is 16.2 Å². The molecule has 0 aliphatic heterocycles. The van der Waals surface area contributed by atoms with E-state index in [0.717, 1.165) is 11.5 Å². The van der Waals surface area contributed by atoms with Crippen LogP contribution >= 0.6 is 27.5 Å². The minimum atomic E-state index is -0.367. The van der Waals surface area contributed by atoms with E-state index in [4.69, 9.17) is 8.83 Å². The van der Waals surface area contributed by atoms with Crippen molar-refractivity contribution in [1.82, 2.24) is 9.36 Å². The smallest absolute Gasteiger partial charge is 0.293 e. The third-order valence-corrected chi connectivity index (χ3v) is 3.24. The topological polar surface area (TPSA) is 81.2 Å². The highest BCUT2D eigenvalue weighted by atomic mass is 79.9. The number of carbonyl (C=O) groups excluding carboxylic acids is 1. The fraction of sp³-hybridized carbons (Fsp3) is 0. The highest BCUT2D eigenvalue weighted by Crippen LogP contribution is 2.25. The third kappa shape index (κ3) is 2.59. The van der Waals surface area contributed by atoms with Gasteiger partial charge in [0, 0.05) is 11.5 Å². The van der Waals surface area contributed by atoms with Crippen molar-refractivity contribution in [3.05, 3.63) is 41.0 Å². The monoisotopic (exact) mass is 339 g/mol. The maximum Gasteiger partial charge on any atom is 0.293 e. The molecule has 3 aromatic heterocycles. The molecule has 0 aromatic carbocycles. The minimum Gasteiger partial charge on any atom is -0.459 e. The summed E-state index contributed by atoms with van der Waals surface area (Å²) in [5, 5.41) is 2.98. The van der Waals surface area contributed by atoms with Crippen molar-refractivity contribution in [2.45, 2.75) is 0 Å². The molecular formula is C11H6BrN3O3S. The summed E-state index contributed by atoms with van der Waals surface area (Å²) < 4.78 is 15.0. The molecule has 0 radical (unpaired) electrons. The molecule has 0 fully saturated rings. The van der Waals surface area contributed by atoms with Gasteiger partial charge in [0.25, 0.3) is 5.91 Å². The number of hydrogen-bond donors (Lipinski definition) is 1. The Bertz CT molecular complexity index is 704. The van der Waals surface area contributed by atoms with E-state index < -0.39 is 0 Å². The summed E-state index contributed by atoms with van der Waals surface area (Å²) in [4.78, 5) is 15.9. The van der Waals surface area contributed by atoms with Crippen molar-refractivity contribution in [2.75, 3.05) is 5.32 Å². The van der Waals surface area contributed by atoms with E-state index in [0.29, 0.717) is 21.4 Å². The normalized spacial score (nSPS) is 10.6. The summed E-state index contributed by atoms with van der Waals surface area (Å²) in [7, 11) is 0. The van der Waals surface area contributed by atoms with E-state index in [1.807, 2.05) is 0 Å². The SMILES string of the molecule is O=C(Nc1nc(-c2ccc(Br)o2)ns1)c1ccco1. The molecule has 0 atom stereocenters. The summed E-state index contributed by atoms with van der Waals surface area (Å²) in [6.07, 6.45) is 1.43. The molecule has 6 nitrogen and oxygen atoms in total. The second-order valence-corrected chi connectivity index (χ2v) is 4.99. The quantitative estimate of drug-likeness (QED) is 0.790. The number of rotatable bonds is 3. The molecule has 1 amide bonds. The van der Waals surface area contributed by atoms with Crippen molar-refractivity contribution in [1.29, 1.82) is 0 Å². The predicted molar refractivity (Wildman–Crippen MR) is 72.0 cm³/mol. The Hall–Kier alpha value is -1.93. The average molecular weight is 340 g/mol. The van der Waals surface area contributed by atoms with Gasteiger partial charge in [-0.25, -0.2) is 0 Å². The lowest BCUT2D eigenvalue weighted by molar-refractivity contribution is 0.0996. The highest BCUT2D eigenvalue weighted by molar-refractivity contribution is 9.10. The average Bonchev–Trinajstić information content (AvgIpc) is 3.07. The van der Waals surface area contributed by atoms with Crippen molar-refractivity contribution >= 4 is 38.5 Å². The lowest BCUT2D eigenvalue weighted by Crippen LogP contribution is -2.10. The van der Waals surface area contributed by atoms with E-state index in [9.17, 15) is 4.79 Å². The zero-order chi connectivity index (χ0) is 13.2. The van der Waals surface area contributed by atoms with E-state index in [2.05, 4.69) is 30.6 Å². The second-order valence-electron chi connectivity index (χ2n) is 3.46. The molecule has 3 aromatic rings.